The van der Waals surface area contributed by atoms with Gasteiger partial charge in [0.25, 0.3) is 5.91 Å². The van der Waals surface area contributed by atoms with Crippen LogP contribution in [0.25, 0.3) is 10.2 Å². The van der Waals surface area contributed by atoms with Crippen LogP contribution in [-0.4, -0.2) is 10.9 Å². The van der Waals surface area contributed by atoms with Crippen LogP contribution in [0, 0.1) is 6.92 Å². The molecule has 1 aromatic carbocycles. The maximum absolute atomic E-state index is 12.8. The molecule has 0 unspecified atom stereocenters. The third-order valence-corrected chi connectivity index (χ3v) is 5.86. The standard InChI is InChI=1S/C16H9Br2F3N2OS/c1-7-9-3-5-12(16(19,20)21)23-15(9)25-13(7)14(24)22-11-6-8(17)2-4-10(11)18/h2-6H,1H3,(H,22,24). The zero-order valence-electron chi connectivity index (χ0n) is 12.5. The topological polar surface area (TPSA) is 42.0 Å². The van der Waals surface area contributed by atoms with Gasteiger partial charge in [-0.2, -0.15) is 13.2 Å². The van der Waals surface area contributed by atoms with E-state index in [9.17, 15) is 18.0 Å². The Morgan fingerprint density at radius 1 is 1.20 bits per heavy atom. The Balaban J connectivity index is 1.99. The van der Waals surface area contributed by atoms with Gasteiger partial charge in [-0.25, -0.2) is 4.98 Å². The van der Waals surface area contributed by atoms with E-state index in [-0.39, 0.29) is 4.83 Å². The van der Waals surface area contributed by atoms with E-state index in [1.165, 1.54) is 6.07 Å². The Morgan fingerprint density at radius 2 is 1.92 bits per heavy atom. The van der Waals surface area contributed by atoms with Crippen molar-refractivity contribution in [3.63, 3.8) is 0 Å². The van der Waals surface area contributed by atoms with Gasteiger partial charge in [0.1, 0.15) is 10.5 Å². The summed E-state index contributed by atoms with van der Waals surface area (Å²) in [5.74, 6) is -0.396. The van der Waals surface area contributed by atoms with Crippen LogP contribution in [0.15, 0.2) is 39.3 Å². The highest BCUT2D eigenvalue weighted by molar-refractivity contribution is 9.11. The number of pyridine rings is 1. The molecule has 0 aliphatic heterocycles. The number of nitrogens with zero attached hydrogens (tertiary/aromatic N) is 1. The molecule has 0 fully saturated rings. The molecule has 1 N–H and O–H groups in total. The third kappa shape index (κ3) is 3.73. The average Bonchev–Trinajstić information content (AvgIpc) is 2.87. The van der Waals surface area contributed by atoms with Gasteiger partial charge >= 0.3 is 6.18 Å². The summed E-state index contributed by atoms with van der Waals surface area (Å²) in [6.45, 7) is 1.69. The maximum atomic E-state index is 12.8. The van der Waals surface area contributed by atoms with Crippen LogP contribution in [0.4, 0.5) is 18.9 Å². The Hall–Kier alpha value is -1.45. The van der Waals surface area contributed by atoms with Crippen LogP contribution in [0.3, 0.4) is 0 Å². The lowest BCUT2D eigenvalue weighted by Crippen LogP contribution is -2.11. The van der Waals surface area contributed by atoms with Crippen LogP contribution < -0.4 is 5.32 Å². The first-order chi connectivity index (χ1) is 11.7. The fourth-order valence-corrected chi connectivity index (χ4v) is 4.03. The van der Waals surface area contributed by atoms with Crippen LogP contribution in [0.1, 0.15) is 20.9 Å². The Morgan fingerprint density at radius 3 is 2.60 bits per heavy atom. The first kappa shape index (κ1) is 18.3. The molecule has 0 saturated carbocycles. The zero-order valence-corrected chi connectivity index (χ0v) is 16.5. The molecular weight excluding hydrogens is 485 g/mol. The number of rotatable bonds is 2. The Bertz CT molecular complexity index is 985. The van der Waals surface area contributed by atoms with Crippen LogP contribution in [-0.2, 0) is 6.18 Å². The molecule has 0 aliphatic rings. The van der Waals surface area contributed by atoms with E-state index < -0.39 is 17.8 Å². The number of carbonyl (C=O) groups excluding carboxylic acids is 1. The van der Waals surface area contributed by atoms with Crippen molar-refractivity contribution in [2.45, 2.75) is 13.1 Å². The van der Waals surface area contributed by atoms with E-state index >= 15 is 0 Å². The molecule has 0 spiro atoms. The molecule has 130 valence electrons. The van der Waals surface area contributed by atoms with Gasteiger partial charge in [0.15, 0.2) is 0 Å². The van der Waals surface area contributed by atoms with E-state index in [4.69, 9.17) is 0 Å². The van der Waals surface area contributed by atoms with Gasteiger partial charge in [-0.3, -0.25) is 4.79 Å². The van der Waals surface area contributed by atoms with Crippen molar-refractivity contribution < 1.29 is 18.0 Å². The number of benzene rings is 1. The van der Waals surface area contributed by atoms with E-state index in [1.54, 1.807) is 19.1 Å². The summed E-state index contributed by atoms with van der Waals surface area (Å²) in [6.07, 6.45) is -4.52. The van der Waals surface area contributed by atoms with Gasteiger partial charge in [0.2, 0.25) is 0 Å². The van der Waals surface area contributed by atoms with Gasteiger partial charge in [-0.05, 0) is 58.7 Å². The van der Waals surface area contributed by atoms with Crippen LogP contribution in [0.2, 0.25) is 0 Å². The number of fused-ring (bicyclic) bond motifs is 1. The minimum atomic E-state index is -4.52. The number of hydrogen-bond acceptors (Lipinski definition) is 3. The lowest BCUT2D eigenvalue weighted by molar-refractivity contribution is -0.140. The summed E-state index contributed by atoms with van der Waals surface area (Å²) in [7, 11) is 0. The second kappa shape index (κ2) is 6.69. The van der Waals surface area contributed by atoms with Gasteiger partial charge in [-0.15, -0.1) is 11.3 Å². The SMILES string of the molecule is Cc1c(C(=O)Nc2cc(Br)ccc2Br)sc2nc(C(F)(F)F)ccc12. The van der Waals surface area contributed by atoms with Crippen molar-refractivity contribution in [3.8, 4) is 0 Å². The quantitative estimate of drug-likeness (QED) is 0.448. The highest BCUT2D eigenvalue weighted by atomic mass is 79.9. The molecule has 0 bridgehead atoms. The number of aromatic nitrogens is 1. The molecule has 3 aromatic rings. The number of alkyl halides is 3. The van der Waals surface area contributed by atoms with Crippen molar-refractivity contribution in [3.05, 3.63) is 55.4 Å². The Labute approximate surface area is 161 Å². The molecule has 3 rings (SSSR count). The molecule has 2 heterocycles. The summed E-state index contributed by atoms with van der Waals surface area (Å²) in [4.78, 5) is 16.7. The first-order valence-corrected chi connectivity index (χ1v) is 9.31. The Kier molecular flexibility index (Phi) is 4.91. The monoisotopic (exact) mass is 492 g/mol. The highest BCUT2D eigenvalue weighted by Crippen LogP contribution is 2.35. The highest BCUT2D eigenvalue weighted by Gasteiger charge is 2.33. The smallest absolute Gasteiger partial charge is 0.320 e. The fourth-order valence-electron chi connectivity index (χ4n) is 2.25. The second-order valence-corrected chi connectivity index (χ2v) is 7.95. The lowest BCUT2D eigenvalue weighted by Gasteiger charge is -2.07. The predicted octanol–water partition coefficient (Wildman–Crippen LogP) is 6.40. The van der Waals surface area contributed by atoms with Crippen LogP contribution >= 0.6 is 43.2 Å². The number of anilines is 1. The average molecular weight is 494 g/mol. The summed E-state index contributed by atoms with van der Waals surface area (Å²) >= 11 is 7.61. The normalized spacial score (nSPS) is 11.8. The number of amides is 1. The molecular formula is C16H9Br2F3N2OS. The number of aryl methyl sites for hydroxylation is 1. The number of carbonyl (C=O) groups is 1. The van der Waals surface area contributed by atoms with E-state index in [0.717, 1.165) is 21.9 Å². The van der Waals surface area contributed by atoms with Gasteiger partial charge in [-0.1, -0.05) is 15.9 Å². The lowest BCUT2D eigenvalue weighted by atomic mass is 10.1. The third-order valence-electron chi connectivity index (χ3n) is 3.48. The van der Waals surface area contributed by atoms with Crippen molar-refractivity contribution in [2.24, 2.45) is 0 Å². The van der Waals surface area contributed by atoms with Gasteiger partial charge in [0.05, 0.1) is 10.6 Å². The van der Waals surface area contributed by atoms with E-state index in [1.807, 2.05) is 6.07 Å². The number of halogens is 5. The largest absolute Gasteiger partial charge is 0.433 e. The zero-order chi connectivity index (χ0) is 18.4. The van der Waals surface area contributed by atoms with Crippen molar-refractivity contribution in [1.82, 2.24) is 4.98 Å². The minimum Gasteiger partial charge on any atom is -0.320 e. The predicted molar refractivity (Wildman–Crippen MR) is 99.2 cm³/mol. The molecule has 0 saturated heterocycles. The molecule has 0 aliphatic carbocycles. The van der Waals surface area contributed by atoms with Crippen molar-refractivity contribution in [2.75, 3.05) is 5.32 Å². The molecule has 9 heteroatoms. The molecule has 0 radical (unpaired) electrons. The van der Waals surface area contributed by atoms with Crippen molar-refractivity contribution in [1.29, 1.82) is 0 Å². The maximum Gasteiger partial charge on any atom is 0.433 e. The molecule has 25 heavy (non-hydrogen) atoms. The first-order valence-electron chi connectivity index (χ1n) is 6.90. The number of thiophene rings is 1. The summed E-state index contributed by atoms with van der Waals surface area (Å²) < 4.78 is 39.9. The summed E-state index contributed by atoms with van der Waals surface area (Å²) in [5, 5.41) is 3.30. The fraction of sp³-hybridized carbons (Fsp3) is 0.125. The van der Waals surface area contributed by atoms with Gasteiger partial charge in [0, 0.05) is 14.3 Å². The molecule has 1 amide bonds. The van der Waals surface area contributed by atoms with Gasteiger partial charge < -0.3 is 5.32 Å². The van der Waals surface area contributed by atoms with E-state index in [2.05, 4.69) is 42.2 Å². The number of hydrogen-bond donors (Lipinski definition) is 1. The molecule has 2 aromatic heterocycles. The van der Waals surface area contributed by atoms with Crippen LogP contribution in [0.5, 0.6) is 0 Å². The number of nitrogens with one attached hydrogen (secondary N) is 1. The molecule has 0 atom stereocenters. The van der Waals surface area contributed by atoms with E-state index in [0.29, 0.717) is 26.0 Å². The summed E-state index contributed by atoms with van der Waals surface area (Å²) in [5.41, 5.74) is 0.188. The minimum absolute atomic E-state index is 0.186. The second-order valence-electron chi connectivity index (χ2n) is 5.18. The van der Waals surface area contributed by atoms with Crippen molar-refractivity contribution >= 4 is 65.0 Å². The molecule has 3 nitrogen and oxygen atoms in total. The summed E-state index contributed by atoms with van der Waals surface area (Å²) in [6, 6.07) is 7.59.